The first-order valence-electron chi connectivity index (χ1n) is 15.3. The summed E-state index contributed by atoms with van der Waals surface area (Å²) in [5, 5.41) is 0. The minimum absolute atomic E-state index is 0.167. The third-order valence-electron chi connectivity index (χ3n) is 6.86. The lowest BCUT2D eigenvalue weighted by Gasteiger charge is -2.14. The number of aryl methyl sites for hydroxylation is 2. The van der Waals surface area contributed by atoms with Crippen LogP contribution >= 0.6 is 0 Å². The molecule has 0 aliphatic rings. The number of ketones is 1. The molecule has 4 rings (SSSR count). The number of hydrogen-bond donors (Lipinski definition) is 1. The summed E-state index contributed by atoms with van der Waals surface area (Å²) >= 11 is 0. The quantitative estimate of drug-likeness (QED) is 0.185. The number of unbranched alkanes of at least 4 members (excludes halogenated alkanes) is 2. The van der Waals surface area contributed by atoms with Crippen LogP contribution in [0.5, 0.6) is 5.75 Å². The van der Waals surface area contributed by atoms with E-state index in [0.717, 1.165) is 79.4 Å². The third-order valence-corrected chi connectivity index (χ3v) is 6.86. The summed E-state index contributed by atoms with van der Waals surface area (Å²) in [5.74, 6) is 2.32. The fourth-order valence-electron chi connectivity index (χ4n) is 4.59. The second-order valence-electron chi connectivity index (χ2n) is 11.0. The van der Waals surface area contributed by atoms with Crippen molar-refractivity contribution in [3.63, 3.8) is 0 Å². The van der Waals surface area contributed by atoms with E-state index in [1.54, 1.807) is 6.07 Å². The van der Waals surface area contributed by atoms with Gasteiger partial charge in [-0.3, -0.25) is 0 Å². The van der Waals surface area contributed by atoms with E-state index < -0.39 is 11.7 Å². The van der Waals surface area contributed by atoms with E-state index in [0.29, 0.717) is 0 Å². The van der Waals surface area contributed by atoms with E-state index in [9.17, 15) is 18.0 Å². The number of carbonyl (C=O) groups is 1. The van der Waals surface area contributed by atoms with Crippen LogP contribution in [0.15, 0.2) is 60.7 Å². The minimum Gasteiger partial charge on any atom is -0.493 e. The van der Waals surface area contributed by atoms with E-state index in [1.165, 1.54) is 42.7 Å². The van der Waals surface area contributed by atoms with Gasteiger partial charge in [0.25, 0.3) is 0 Å². The van der Waals surface area contributed by atoms with Crippen LogP contribution < -0.4 is 4.74 Å². The molecule has 7 heteroatoms. The molecule has 1 unspecified atom stereocenters. The highest BCUT2D eigenvalue weighted by molar-refractivity contribution is 5.82. The van der Waals surface area contributed by atoms with Crippen LogP contribution in [0, 0.1) is 6.92 Å². The minimum atomic E-state index is -4.24. The van der Waals surface area contributed by atoms with E-state index >= 15 is 0 Å². The Morgan fingerprint density at radius 3 is 2.23 bits per heavy atom. The molecule has 1 atom stereocenters. The number of nitrogens with one attached hydrogen (secondary N) is 1. The average molecular weight is 597 g/mol. The first-order valence-corrected chi connectivity index (χ1v) is 15.3. The van der Waals surface area contributed by atoms with Gasteiger partial charge >= 0.3 is 6.18 Å². The molecule has 0 bridgehead atoms. The standard InChI is InChI=1S/C19H22N2O.C14H19F3.C3H6O/c1-4-10-22-19-9-7-15(11-14(19)5-2)16-6-8-17-18(12-16)21-13(3)20-17;1-3-4-5-7-11(2)12-8-6-9-13(10-12)14(15,16)17;1-3(2)4/h6-9,11-12H,4-5,10H2,1-3H3,(H,20,21);6,8-11H,3-5,7H2,1-2H3;1-2H3. The van der Waals surface area contributed by atoms with Crippen molar-refractivity contribution < 1.29 is 22.7 Å². The summed E-state index contributed by atoms with van der Waals surface area (Å²) in [6, 6.07) is 18.5. The third kappa shape index (κ3) is 11.9. The monoisotopic (exact) mass is 596 g/mol. The number of aromatic amines is 1. The molecule has 43 heavy (non-hydrogen) atoms. The number of rotatable bonds is 10. The van der Waals surface area contributed by atoms with Gasteiger partial charge in [0.05, 0.1) is 23.2 Å². The molecule has 0 saturated heterocycles. The van der Waals surface area contributed by atoms with Crippen molar-refractivity contribution in [2.75, 3.05) is 6.61 Å². The summed E-state index contributed by atoms with van der Waals surface area (Å²) in [6.07, 6.45) is 2.07. The van der Waals surface area contributed by atoms with Crippen molar-refractivity contribution in [3.8, 4) is 16.9 Å². The number of benzene rings is 3. The number of ether oxygens (including phenoxy) is 1. The topological polar surface area (TPSA) is 55.0 Å². The number of imidazole rings is 1. The van der Waals surface area contributed by atoms with Crippen LogP contribution in [-0.4, -0.2) is 22.4 Å². The summed E-state index contributed by atoms with van der Waals surface area (Å²) in [4.78, 5) is 17.2. The lowest BCUT2D eigenvalue weighted by atomic mass is 9.94. The Kier molecular flexibility index (Phi) is 14.5. The van der Waals surface area contributed by atoms with Gasteiger partial charge in [0, 0.05) is 0 Å². The molecule has 0 saturated carbocycles. The van der Waals surface area contributed by atoms with Crippen LogP contribution in [0.3, 0.4) is 0 Å². The van der Waals surface area contributed by atoms with Crippen molar-refractivity contribution in [2.24, 2.45) is 0 Å². The fraction of sp³-hybridized carbons (Fsp3) is 0.444. The molecule has 0 amide bonds. The SMILES string of the molecule is CC(C)=O.CCCCCC(C)c1cccc(C(F)(F)F)c1.CCCOc1ccc(-c2ccc3nc(C)[nH]c3c2)cc1CC. The van der Waals surface area contributed by atoms with Gasteiger partial charge in [-0.1, -0.05) is 77.3 Å². The van der Waals surface area contributed by atoms with E-state index in [1.807, 2.05) is 13.8 Å². The number of carbonyl (C=O) groups excluding carboxylic acids is 1. The molecule has 4 nitrogen and oxygen atoms in total. The van der Waals surface area contributed by atoms with Crippen molar-refractivity contribution in [1.29, 1.82) is 0 Å². The predicted octanol–water partition coefficient (Wildman–Crippen LogP) is 10.9. The zero-order chi connectivity index (χ0) is 32.0. The molecule has 234 valence electrons. The molecule has 1 aromatic heterocycles. The predicted molar refractivity (Wildman–Crippen MR) is 172 cm³/mol. The Hall–Kier alpha value is -3.61. The first kappa shape index (κ1) is 35.6. The molecule has 0 spiro atoms. The number of aromatic nitrogens is 2. The summed E-state index contributed by atoms with van der Waals surface area (Å²) in [5.41, 5.74) is 6.02. The molecule has 0 radical (unpaired) electrons. The molecule has 1 heterocycles. The van der Waals surface area contributed by atoms with Gasteiger partial charge in [-0.2, -0.15) is 13.2 Å². The maximum atomic E-state index is 12.5. The summed E-state index contributed by atoms with van der Waals surface area (Å²) in [6.45, 7) is 14.2. The normalized spacial score (nSPS) is 11.7. The number of hydrogen-bond acceptors (Lipinski definition) is 3. The Balaban J connectivity index is 0.000000275. The molecule has 0 aliphatic carbocycles. The van der Waals surface area contributed by atoms with Gasteiger partial charge in [-0.25, -0.2) is 4.98 Å². The summed E-state index contributed by atoms with van der Waals surface area (Å²) in [7, 11) is 0. The Morgan fingerprint density at radius 1 is 0.930 bits per heavy atom. The maximum Gasteiger partial charge on any atom is 0.416 e. The van der Waals surface area contributed by atoms with Crippen LogP contribution in [0.25, 0.3) is 22.2 Å². The van der Waals surface area contributed by atoms with Crippen molar-refractivity contribution in [1.82, 2.24) is 9.97 Å². The Labute approximate surface area is 255 Å². The van der Waals surface area contributed by atoms with Crippen molar-refractivity contribution in [3.05, 3.63) is 83.2 Å². The van der Waals surface area contributed by atoms with Crippen LogP contribution in [0.1, 0.15) is 102 Å². The highest BCUT2D eigenvalue weighted by Crippen LogP contribution is 2.32. The Bertz CT molecular complexity index is 1420. The smallest absolute Gasteiger partial charge is 0.416 e. The fourth-order valence-corrected chi connectivity index (χ4v) is 4.59. The van der Waals surface area contributed by atoms with Gasteiger partial charge in [-0.15, -0.1) is 0 Å². The number of fused-ring (bicyclic) bond motifs is 1. The van der Waals surface area contributed by atoms with Crippen LogP contribution in [0.4, 0.5) is 13.2 Å². The van der Waals surface area contributed by atoms with E-state index in [4.69, 9.17) is 4.74 Å². The van der Waals surface area contributed by atoms with Gasteiger partial charge in [0.15, 0.2) is 0 Å². The lowest BCUT2D eigenvalue weighted by Crippen LogP contribution is -2.06. The van der Waals surface area contributed by atoms with Gasteiger partial charge in [0.1, 0.15) is 17.4 Å². The van der Waals surface area contributed by atoms with Crippen molar-refractivity contribution in [2.45, 2.75) is 99.1 Å². The number of alkyl halides is 3. The molecular weight excluding hydrogens is 549 g/mol. The second-order valence-corrected chi connectivity index (χ2v) is 11.0. The highest BCUT2D eigenvalue weighted by Gasteiger charge is 2.30. The van der Waals surface area contributed by atoms with Gasteiger partial charge in [0.2, 0.25) is 0 Å². The second kappa shape index (κ2) is 17.5. The largest absolute Gasteiger partial charge is 0.493 e. The molecule has 1 N–H and O–H groups in total. The molecule has 0 aliphatic heterocycles. The average Bonchev–Trinajstić information content (AvgIpc) is 3.35. The van der Waals surface area contributed by atoms with Gasteiger partial charge < -0.3 is 14.5 Å². The van der Waals surface area contributed by atoms with Gasteiger partial charge in [-0.05, 0) is 98.5 Å². The lowest BCUT2D eigenvalue weighted by molar-refractivity contribution is -0.137. The number of H-pyrrole nitrogens is 1. The zero-order valence-corrected chi connectivity index (χ0v) is 26.7. The Morgan fingerprint density at radius 2 is 1.60 bits per heavy atom. The zero-order valence-electron chi connectivity index (χ0n) is 26.7. The van der Waals surface area contributed by atoms with Crippen LogP contribution in [-0.2, 0) is 17.4 Å². The van der Waals surface area contributed by atoms with Crippen molar-refractivity contribution >= 4 is 16.8 Å². The molecule has 0 fully saturated rings. The first-order chi connectivity index (χ1) is 20.4. The highest BCUT2D eigenvalue weighted by atomic mass is 19.4. The molecule has 4 aromatic rings. The number of Topliss-reactive ketones (excluding diaryl/α,β-unsaturated/α-hetero) is 1. The van der Waals surface area contributed by atoms with Crippen LogP contribution in [0.2, 0.25) is 0 Å². The maximum absolute atomic E-state index is 12.5. The summed E-state index contributed by atoms with van der Waals surface area (Å²) < 4.78 is 43.4. The van der Waals surface area contributed by atoms with E-state index in [2.05, 4.69) is 67.1 Å². The number of nitrogens with zero attached hydrogens (tertiary/aromatic N) is 1. The molecular formula is C36H47F3N2O2. The number of halogens is 3. The molecule has 3 aromatic carbocycles. The van der Waals surface area contributed by atoms with E-state index in [-0.39, 0.29) is 11.7 Å².